The minimum atomic E-state index is 0.861. The summed E-state index contributed by atoms with van der Waals surface area (Å²) in [7, 11) is 6.45. The monoisotopic (exact) mass is 149 g/mol. The summed E-state index contributed by atoms with van der Waals surface area (Å²) < 4.78 is 0.861. The summed E-state index contributed by atoms with van der Waals surface area (Å²) in [5, 5.41) is 0. The lowest BCUT2D eigenvalue weighted by atomic mass is 10.2. The maximum absolute atomic E-state index is 3.84. The van der Waals surface area contributed by atoms with E-state index in [1.807, 2.05) is 12.1 Å². The zero-order chi connectivity index (χ0) is 8.48. The van der Waals surface area contributed by atoms with Gasteiger partial charge in [-0.2, -0.15) is 0 Å². The first-order valence-electron chi connectivity index (χ1n) is 3.74. The van der Waals surface area contributed by atoms with E-state index in [0.717, 1.165) is 10.0 Å². The highest BCUT2D eigenvalue weighted by molar-refractivity contribution is 5.43. The molecule has 0 aromatic heterocycles. The molecule has 0 unspecified atom stereocenters. The summed E-state index contributed by atoms with van der Waals surface area (Å²) in [5.74, 6) is 0. The lowest BCUT2D eigenvalue weighted by Crippen LogP contribution is -2.34. The predicted octanol–water partition coefficient (Wildman–Crippen LogP) is 2.07. The smallest absolute Gasteiger partial charge is 0.132 e. The fraction of sp³-hybridized carbons (Fsp3) is 0.300. The van der Waals surface area contributed by atoms with Gasteiger partial charge >= 0.3 is 0 Å². The van der Waals surface area contributed by atoms with Crippen LogP contribution in [-0.4, -0.2) is 21.1 Å². The predicted molar refractivity (Wildman–Crippen MR) is 50.5 cm³/mol. The van der Waals surface area contributed by atoms with Crippen LogP contribution in [0.1, 0.15) is 5.56 Å². The SMILES string of the molecule is [CH2]c1ccc([N+](C)(C)C)cc1. The lowest BCUT2D eigenvalue weighted by molar-refractivity contribution is 0.486. The molecule has 0 amide bonds. The molecule has 0 spiro atoms. The van der Waals surface area contributed by atoms with Crippen molar-refractivity contribution in [3.05, 3.63) is 36.8 Å². The first kappa shape index (κ1) is 8.28. The van der Waals surface area contributed by atoms with Crippen molar-refractivity contribution in [1.82, 2.24) is 4.48 Å². The van der Waals surface area contributed by atoms with Crippen LogP contribution in [0.15, 0.2) is 24.3 Å². The van der Waals surface area contributed by atoms with E-state index in [1.165, 1.54) is 5.69 Å². The van der Waals surface area contributed by atoms with Gasteiger partial charge < -0.3 is 0 Å². The zero-order valence-corrected chi connectivity index (χ0v) is 7.46. The van der Waals surface area contributed by atoms with Gasteiger partial charge in [-0.3, -0.25) is 4.48 Å². The highest BCUT2D eigenvalue weighted by Crippen LogP contribution is 2.16. The summed E-state index contributed by atoms with van der Waals surface area (Å²) >= 11 is 0. The van der Waals surface area contributed by atoms with Crippen molar-refractivity contribution in [1.29, 1.82) is 0 Å². The van der Waals surface area contributed by atoms with Crippen molar-refractivity contribution in [3.63, 3.8) is 0 Å². The van der Waals surface area contributed by atoms with E-state index < -0.39 is 0 Å². The highest BCUT2D eigenvalue weighted by atomic mass is 15.3. The Hall–Kier alpha value is -0.820. The van der Waals surface area contributed by atoms with Crippen LogP contribution in [0.25, 0.3) is 0 Å². The number of quaternary nitrogens is 1. The van der Waals surface area contributed by atoms with E-state index in [2.05, 4.69) is 40.2 Å². The van der Waals surface area contributed by atoms with Crippen LogP contribution < -0.4 is 4.48 Å². The molecule has 0 bridgehead atoms. The van der Waals surface area contributed by atoms with Crippen LogP contribution in [-0.2, 0) is 0 Å². The molecule has 0 aliphatic carbocycles. The molecular formula is C10H15N+. The number of hydrogen-bond acceptors (Lipinski definition) is 0. The molecular weight excluding hydrogens is 134 g/mol. The maximum Gasteiger partial charge on any atom is 0.132 e. The van der Waals surface area contributed by atoms with Crippen LogP contribution in [0, 0.1) is 6.92 Å². The Kier molecular flexibility index (Phi) is 2.01. The van der Waals surface area contributed by atoms with Gasteiger partial charge in [0.05, 0.1) is 21.1 Å². The number of nitrogens with zero attached hydrogens (tertiary/aromatic N) is 1. The van der Waals surface area contributed by atoms with E-state index in [-0.39, 0.29) is 0 Å². The Morgan fingerprint density at radius 3 is 1.82 bits per heavy atom. The van der Waals surface area contributed by atoms with E-state index in [1.54, 1.807) is 0 Å². The van der Waals surface area contributed by atoms with Crippen molar-refractivity contribution >= 4 is 5.69 Å². The molecule has 0 fully saturated rings. The molecule has 1 heteroatoms. The number of benzene rings is 1. The minimum absolute atomic E-state index is 0.861. The highest BCUT2D eigenvalue weighted by Gasteiger charge is 2.09. The molecule has 0 heterocycles. The molecule has 1 nitrogen and oxygen atoms in total. The van der Waals surface area contributed by atoms with Crippen LogP contribution in [0.4, 0.5) is 5.69 Å². The fourth-order valence-corrected chi connectivity index (χ4v) is 0.943. The second-order valence-electron chi connectivity index (χ2n) is 3.68. The quantitative estimate of drug-likeness (QED) is 0.536. The standard InChI is InChI=1S/C10H15N/c1-9-5-7-10(8-6-9)11(2,3)4/h5-8H,1H2,2-4H3/q+1. The maximum atomic E-state index is 3.84. The molecule has 0 aliphatic rings. The molecule has 11 heavy (non-hydrogen) atoms. The normalized spacial score (nSPS) is 11.6. The van der Waals surface area contributed by atoms with Crippen molar-refractivity contribution in [2.75, 3.05) is 21.1 Å². The third-order valence-electron chi connectivity index (χ3n) is 1.71. The largest absolute Gasteiger partial charge is 0.298 e. The Bertz CT molecular complexity index is 228. The molecule has 1 aromatic carbocycles. The summed E-state index contributed by atoms with van der Waals surface area (Å²) in [4.78, 5) is 0. The van der Waals surface area contributed by atoms with Gasteiger partial charge in [0.25, 0.3) is 0 Å². The van der Waals surface area contributed by atoms with Gasteiger partial charge in [0, 0.05) is 0 Å². The lowest BCUT2D eigenvalue weighted by Gasteiger charge is -2.23. The topological polar surface area (TPSA) is 0 Å². The number of hydrogen-bond donors (Lipinski definition) is 0. The molecule has 1 rings (SSSR count). The van der Waals surface area contributed by atoms with Crippen molar-refractivity contribution < 1.29 is 0 Å². The summed E-state index contributed by atoms with van der Waals surface area (Å²) in [5.41, 5.74) is 2.37. The van der Waals surface area contributed by atoms with E-state index in [4.69, 9.17) is 0 Å². The Balaban J connectivity index is 2.99. The average Bonchev–Trinajstić information content (AvgIpc) is 1.86. The van der Waals surface area contributed by atoms with Gasteiger partial charge in [-0.1, -0.05) is 12.1 Å². The van der Waals surface area contributed by atoms with Gasteiger partial charge in [0.2, 0.25) is 0 Å². The zero-order valence-electron chi connectivity index (χ0n) is 7.46. The number of rotatable bonds is 1. The molecule has 0 saturated carbocycles. The van der Waals surface area contributed by atoms with Crippen molar-refractivity contribution in [2.24, 2.45) is 0 Å². The van der Waals surface area contributed by atoms with E-state index in [9.17, 15) is 0 Å². The third kappa shape index (κ3) is 2.05. The molecule has 1 radical (unpaired) electrons. The van der Waals surface area contributed by atoms with Gasteiger partial charge in [0.15, 0.2) is 0 Å². The molecule has 1 aromatic rings. The first-order chi connectivity index (χ1) is 5.00. The van der Waals surface area contributed by atoms with Gasteiger partial charge in [-0.25, -0.2) is 0 Å². The Morgan fingerprint density at radius 1 is 1.00 bits per heavy atom. The minimum Gasteiger partial charge on any atom is -0.298 e. The first-order valence-corrected chi connectivity index (χ1v) is 3.74. The Labute approximate surface area is 68.9 Å². The summed E-state index contributed by atoms with van der Waals surface area (Å²) in [6.45, 7) is 3.84. The third-order valence-corrected chi connectivity index (χ3v) is 1.71. The second-order valence-corrected chi connectivity index (χ2v) is 3.68. The molecule has 59 valence electrons. The van der Waals surface area contributed by atoms with Crippen LogP contribution in [0.5, 0.6) is 0 Å². The molecule has 0 aliphatic heterocycles. The van der Waals surface area contributed by atoms with Crippen molar-refractivity contribution in [3.8, 4) is 0 Å². The fourth-order valence-electron chi connectivity index (χ4n) is 0.943. The average molecular weight is 149 g/mol. The van der Waals surface area contributed by atoms with Crippen LogP contribution >= 0.6 is 0 Å². The summed E-state index contributed by atoms with van der Waals surface area (Å²) in [6.07, 6.45) is 0. The van der Waals surface area contributed by atoms with Gasteiger partial charge in [0.1, 0.15) is 5.69 Å². The van der Waals surface area contributed by atoms with E-state index >= 15 is 0 Å². The summed E-state index contributed by atoms with van der Waals surface area (Å²) in [6, 6.07) is 8.31. The van der Waals surface area contributed by atoms with E-state index in [0.29, 0.717) is 0 Å². The van der Waals surface area contributed by atoms with Crippen molar-refractivity contribution in [2.45, 2.75) is 0 Å². The van der Waals surface area contributed by atoms with Gasteiger partial charge in [-0.15, -0.1) is 0 Å². The molecule has 0 N–H and O–H groups in total. The second kappa shape index (κ2) is 2.67. The molecule has 0 atom stereocenters. The molecule has 0 saturated heterocycles. The van der Waals surface area contributed by atoms with Crippen LogP contribution in [0.3, 0.4) is 0 Å². The van der Waals surface area contributed by atoms with Crippen LogP contribution in [0.2, 0.25) is 0 Å². The van der Waals surface area contributed by atoms with Gasteiger partial charge in [-0.05, 0) is 24.6 Å². The Morgan fingerprint density at radius 2 is 1.45 bits per heavy atom.